The van der Waals surface area contributed by atoms with E-state index in [0.29, 0.717) is 35.9 Å². The fourth-order valence-electron chi connectivity index (χ4n) is 3.54. The number of nitrogens with one attached hydrogen (secondary N) is 1. The largest absolute Gasteiger partial charge is 0.495 e. The average Bonchev–Trinajstić information content (AvgIpc) is 3.33. The molecular weight excluding hydrogens is 370 g/mol. The van der Waals surface area contributed by atoms with Gasteiger partial charge >= 0.3 is 0 Å². The van der Waals surface area contributed by atoms with Crippen molar-refractivity contribution in [2.24, 2.45) is 13.0 Å². The van der Waals surface area contributed by atoms with E-state index in [1.54, 1.807) is 18.5 Å². The molecule has 8 heteroatoms. The minimum Gasteiger partial charge on any atom is -0.495 e. The second-order valence-electron chi connectivity index (χ2n) is 7.15. The highest BCUT2D eigenvalue weighted by atomic mass is 16.5. The molecule has 1 N–H and O–H groups in total. The Morgan fingerprint density at radius 1 is 1.38 bits per heavy atom. The van der Waals surface area contributed by atoms with E-state index < -0.39 is 0 Å². The van der Waals surface area contributed by atoms with Crippen molar-refractivity contribution in [3.8, 4) is 29.0 Å². The first kappa shape index (κ1) is 18.7. The lowest BCUT2D eigenvalue weighted by Gasteiger charge is -2.20. The maximum atomic E-state index is 11.6. The number of amides is 1. The molecule has 3 aromatic rings. The minimum absolute atomic E-state index is 0.0440. The number of hydrogen-bond donors (Lipinski definition) is 1. The van der Waals surface area contributed by atoms with Crippen molar-refractivity contribution in [2.75, 3.05) is 13.7 Å². The van der Waals surface area contributed by atoms with Gasteiger partial charge in [-0.2, -0.15) is 5.26 Å². The molecule has 0 radical (unpaired) electrons. The molecule has 0 spiro atoms. The van der Waals surface area contributed by atoms with Crippen molar-refractivity contribution in [3.05, 3.63) is 36.2 Å². The van der Waals surface area contributed by atoms with Crippen molar-refractivity contribution in [1.29, 1.82) is 5.26 Å². The quantitative estimate of drug-likeness (QED) is 0.717. The van der Waals surface area contributed by atoms with Gasteiger partial charge in [-0.05, 0) is 25.1 Å². The zero-order chi connectivity index (χ0) is 20.5. The number of rotatable bonds is 5. The van der Waals surface area contributed by atoms with Crippen molar-refractivity contribution < 1.29 is 14.3 Å². The van der Waals surface area contributed by atoms with Gasteiger partial charge in [0.05, 0.1) is 30.2 Å². The topological polar surface area (TPSA) is 102 Å². The Labute approximate surface area is 168 Å². The van der Waals surface area contributed by atoms with Crippen LogP contribution in [0.5, 0.6) is 11.6 Å². The van der Waals surface area contributed by atoms with E-state index in [1.807, 2.05) is 30.7 Å². The van der Waals surface area contributed by atoms with Gasteiger partial charge in [0.15, 0.2) is 0 Å². The van der Waals surface area contributed by atoms with Crippen LogP contribution in [0.1, 0.15) is 18.9 Å². The van der Waals surface area contributed by atoms with Crippen molar-refractivity contribution in [2.45, 2.75) is 19.4 Å². The van der Waals surface area contributed by atoms with Gasteiger partial charge in [0.25, 0.3) is 0 Å². The fourth-order valence-corrected chi connectivity index (χ4v) is 3.54. The number of carbonyl (C=O) groups excluding carboxylic acids is 1. The van der Waals surface area contributed by atoms with Gasteiger partial charge in [0, 0.05) is 31.5 Å². The molecule has 29 heavy (non-hydrogen) atoms. The highest BCUT2D eigenvalue weighted by Crippen LogP contribution is 2.32. The first-order chi connectivity index (χ1) is 14.0. The molecule has 3 heterocycles. The Kier molecular flexibility index (Phi) is 4.80. The Hall–Kier alpha value is -3.60. The number of nitrogens with zero attached hydrogens (tertiary/aromatic N) is 4. The van der Waals surface area contributed by atoms with E-state index in [9.17, 15) is 10.1 Å². The summed E-state index contributed by atoms with van der Waals surface area (Å²) in [6, 6.07) is 9.30. The Balaban J connectivity index is 1.75. The van der Waals surface area contributed by atoms with Crippen LogP contribution in [0.4, 0.5) is 0 Å². The van der Waals surface area contributed by atoms with Crippen molar-refractivity contribution in [1.82, 2.24) is 19.9 Å². The van der Waals surface area contributed by atoms with E-state index >= 15 is 0 Å². The van der Waals surface area contributed by atoms with Gasteiger partial charge in [0.1, 0.15) is 23.4 Å². The number of carbonyl (C=O) groups is 1. The van der Waals surface area contributed by atoms with Crippen LogP contribution in [-0.2, 0) is 11.8 Å². The number of fused-ring (bicyclic) bond motifs is 1. The molecule has 2 atom stereocenters. The van der Waals surface area contributed by atoms with E-state index in [4.69, 9.17) is 14.5 Å². The number of aryl methyl sites for hydroxylation is 1. The lowest BCUT2D eigenvalue weighted by Crippen LogP contribution is -2.26. The molecule has 0 aliphatic carbocycles. The number of imidazole rings is 1. The summed E-state index contributed by atoms with van der Waals surface area (Å²) in [4.78, 5) is 20.7. The number of ether oxygens (including phenoxy) is 2. The molecule has 8 nitrogen and oxygen atoms in total. The Morgan fingerprint density at radius 3 is 2.90 bits per heavy atom. The first-order valence-electron chi connectivity index (χ1n) is 9.34. The molecular formula is C21H21N5O3. The molecule has 1 saturated heterocycles. The molecule has 2 aromatic heterocycles. The third kappa shape index (κ3) is 3.47. The molecule has 1 aliphatic heterocycles. The maximum Gasteiger partial charge on any atom is 0.241 e. The summed E-state index contributed by atoms with van der Waals surface area (Å²) in [6.45, 7) is 2.55. The second-order valence-corrected chi connectivity index (χ2v) is 7.15. The minimum atomic E-state index is -0.190. The van der Waals surface area contributed by atoms with E-state index in [0.717, 1.165) is 16.6 Å². The Bertz CT molecular complexity index is 1130. The number of pyridine rings is 1. The van der Waals surface area contributed by atoms with Gasteiger partial charge in [-0.1, -0.05) is 6.07 Å². The van der Waals surface area contributed by atoms with Crippen LogP contribution in [-0.4, -0.2) is 40.2 Å². The summed E-state index contributed by atoms with van der Waals surface area (Å²) in [5.41, 5.74) is 3.46. The lowest BCUT2D eigenvalue weighted by atomic mass is 10.0. The van der Waals surface area contributed by atoms with Crippen LogP contribution in [0, 0.1) is 17.2 Å². The van der Waals surface area contributed by atoms with Crippen LogP contribution in [0.15, 0.2) is 30.6 Å². The zero-order valence-electron chi connectivity index (χ0n) is 16.5. The van der Waals surface area contributed by atoms with Gasteiger partial charge in [-0.25, -0.2) is 9.97 Å². The zero-order valence-corrected chi connectivity index (χ0v) is 16.5. The first-order valence-corrected chi connectivity index (χ1v) is 9.34. The number of aromatic nitrogens is 3. The monoisotopic (exact) mass is 391 g/mol. The van der Waals surface area contributed by atoms with E-state index in [-0.39, 0.29) is 17.9 Å². The molecule has 4 rings (SSSR count). The van der Waals surface area contributed by atoms with Gasteiger partial charge in [-0.3, -0.25) is 4.79 Å². The summed E-state index contributed by atoms with van der Waals surface area (Å²) < 4.78 is 13.4. The Morgan fingerprint density at radius 2 is 2.21 bits per heavy atom. The third-order valence-electron chi connectivity index (χ3n) is 5.25. The number of nitriles is 1. The van der Waals surface area contributed by atoms with Crippen molar-refractivity contribution >= 4 is 16.9 Å². The van der Waals surface area contributed by atoms with Crippen molar-refractivity contribution in [3.63, 3.8) is 0 Å². The van der Waals surface area contributed by atoms with Crippen LogP contribution in [0.2, 0.25) is 0 Å². The number of methoxy groups -OCH3 is 1. The van der Waals surface area contributed by atoms with Crippen LogP contribution >= 0.6 is 0 Å². The highest BCUT2D eigenvalue weighted by Gasteiger charge is 2.29. The molecule has 0 bridgehead atoms. The smallest absolute Gasteiger partial charge is 0.241 e. The van der Waals surface area contributed by atoms with E-state index in [2.05, 4.69) is 16.4 Å². The molecule has 2 unspecified atom stereocenters. The third-order valence-corrected chi connectivity index (χ3v) is 5.25. The highest BCUT2D eigenvalue weighted by molar-refractivity contribution is 5.85. The standard InChI is InChI=1S/C21H21N5O3/c1-12(15-7-19(27)23-10-15)29-21-20-17(24-11-26(20)2)8-16(25-21)13-4-5-14(9-22)18(6-13)28-3/h4-6,8,11-12,15H,7,10H2,1-3H3,(H,23,27). The number of hydrogen-bond acceptors (Lipinski definition) is 6. The fraction of sp³-hybridized carbons (Fsp3) is 0.333. The van der Waals surface area contributed by atoms with Gasteiger partial charge < -0.3 is 19.4 Å². The summed E-state index contributed by atoms with van der Waals surface area (Å²) in [7, 11) is 3.42. The molecule has 1 aliphatic rings. The number of benzene rings is 1. The lowest BCUT2D eigenvalue weighted by molar-refractivity contribution is -0.119. The molecule has 148 valence electrons. The molecule has 1 aromatic carbocycles. The molecule has 1 amide bonds. The predicted molar refractivity (Wildman–Crippen MR) is 106 cm³/mol. The van der Waals surface area contributed by atoms with Crippen LogP contribution in [0.3, 0.4) is 0 Å². The molecule has 0 saturated carbocycles. The second kappa shape index (κ2) is 7.43. The normalized spacial score (nSPS) is 17.0. The summed E-state index contributed by atoms with van der Waals surface area (Å²) >= 11 is 0. The summed E-state index contributed by atoms with van der Waals surface area (Å²) in [5.74, 6) is 1.08. The SMILES string of the molecule is COc1cc(-c2cc3ncn(C)c3c(OC(C)C3CNC(=O)C3)n2)ccc1C#N. The predicted octanol–water partition coefficient (Wildman–Crippen LogP) is 2.42. The molecule has 1 fully saturated rings. The average molecular weight is 391 g/mol. The van der Waals surface area contributed by atoms with Crippen LogP contribution < -0.4 is 14.8 Å². The van der Waals surface area contributed by atoms with Gasteiger partial charge in [0.2, 0.25) is 11.8 Å². The van der Waals surface area contributed by atoms with Crippen LogP contribution in [0.25, 0.3) is 22.3 Å². The van der Waals surface area contributed by atoms with E-state index in [1.165, 1.54) is 7.11 Å². The summed E-state index contributed by atoms with van der Waals surface area (Å²) in [6.07, 6.45) is 1.97. The summed E-state index contributed by atoms with van der Waals surface area (Å²) in [5, 5.41) is 12.1. The maximum absolute atomic E-state index is 11.6. The van der Waals surface area contributed by atoms with Gasteiger partial charge in [-0.15, -0.1) is 0 Å².